The molecule has 0 aromatic heterocycles. The molecule has 2 aliphatic carbocycles. The van der Waals surface area contributed by atoms with Crippen LogP contribution in [-0.2, 0) is 0 Å². The minimum absolute atomic E-state index is 0.263. The fourth-order valence-electron chi connectivity index (χ4n) is 13.4. The molecule has 6 N–H and O–H groups in total. The normalized spacial score (nSPS) is 49.1. The standard InChI is InChI=1S/C44H64N4O2/c1-25-21-29-33-13-17-37(45-33)41(27-9-5-3-6-10-27)39-19-15-35(47-39)31-23-26(2)24-32(44(31)50)36-16-20-40(48-36)42(28-11-7-4-8-12-28)38-18-14-34(46-38)30(22-25)43(29)49/h3-12,25-26,29-50H,13-24H2,1-2H3. The van der Waals surface area contributed by atoms with E-state index in [4.69, 9.17) is 0 Å². The van der Waals surface area contributed by atoms with Crippen LogP contribution in [0.3, 0.4) is 0 Å². The van der Waals surface area contributed by atoms with Crippen molar-refractivity contribution >= 4 is 0 Å². The number of hydrogen-bond donors (Lipinski definition) is 6. The first-order chi connectivity index (χ1) is 24.4. The quantitative estimate of drug-likeness (QED) is 0.230. The van der Waals surface area contributed by atoms with Crippen LogP contribution in [0.2, 0.25) is 0 Å². The van der Waals surface area contributed by atoms with E-state index in [0.717, 1.165) is 77.0 Å². The molecule has 2 aromatic rings. The Bertz CT molecular complexity index is 1250. The minimum atomic E-state index is -0.263. The van der Waals surface area contributed by atoms with E-state index < -0.39 is 0 Å². The lowest BCUT2D eigenvalue weighted by Gasteiger charge is -2.45. The van der Waals surface area contributed by atoms with Crippen LogP contribution in [0.25, 0.3) is 0 Å². The second-order valence-electron chi connectivity index (χ2n) is 18.5. The van der Waals surface area contributed by atoms with Crippen molar-refractivity contribution in [3.05, 3.63) is 71.8 Å². The SMILES string of the molecule is CC1CC2C3CCC(N3)C(c3ccccc3)C3CCC(N3)C3CC(C)CC(C4CCC(N4)C(c4ccccc4)C4CCC(N4)C(C1)C2O)C3O. The van der Waals surface area contributed by atoms with Crippen LogP contribution in [0.1, 0.15) is 114 Å². The fourth-order valence-corrected chi connectivity index (χ4v) is 13.4. The maximum absolute atomic E-state index is 12.3. The van der Waals surface area contributed by atoms with Gasteiger partial charge in [0.15, 0.2) is 0 Å². The van der Waals surface area contributed by atoms with E-state index in [1.54, 1.807) is 0 Å². The van der Waals surface area contributed by atoms with Gasteiger partial charge in [0.05, 0.1) is 12.2 Å². The average Bonchev–Trinajstić information content (AvgIpc) is 3.96. The summed E-state index contributed by atoms with van der Waals surface area (Å²) >= 11 is 0. The minimum Gasteiger partial charge on any atom is -0.392 e. The summed E-state index contributed by atoms with van der Waals surface area (Å²) in [5.41, 5.74) is 2.87. The Kier molecular flexibility index (Phi) is 9.66. The zero-order valence-electron chi connectivity index (χ0n) is 30.5. The number of hydrogen-bond acceptors (Lipinski definition) is 6. The van der Waals surface area contributed by atoms with Gasteiger partial charge in [-0.05, 0) is 100 Å². The molecular weight excluding hydrogens is 617 g/mol. The lowest BCUT2D eigenvalue weighted by molar-refractivity contribution is -0.0287. The third-order valence-corrected chi connectivity index (χ3v) is 15.5. The summed E-state index contributed by atoms with van der Waals surface area (Å²) in [7, 11) is 0. The van der Waals surface area contributed by atoms with Gasteiger partial charge in [0.1, 0.15) is 0 Å². The number of aliphatic hydroxyl groups excluding tert-OH is 2. The number of fused-ring (bicyclic) bond motifs is 16. The molecule has 272 valence electrons. The molecule has 5 heterocycles. The van der Waals surface area contributed by atoms with Gasteiger partial charge in [0.25, 0.3) is 0 Å². The van der Waals surface area contributed by atoms with E-state index >= 15 is 0 Å². The van der Waals surface area contributed by atoms with Crippen LogP contribution in [-0.4, -0.2) is 70.8 Å². The lowest BCUT2D eigenvalue weighted by atomic mass is 9.68. The Labute approximate surface area is 301 Å². The van der Waals surface area contributed by atoms with Crippen LogP contribution in [0.5, 0.6) is 0 Å². The van der Waals surface area contributed by atoms with Crippen molar-refractivity contribution in [2.75, 3.05) is 0 Å². The van der Waals surface area contributed by atoms with Crippen LogP contribution in [0.4, 0.5) is 0 Å². The van der Waals surface area contributed by atoms with Crippen molar-refractivity contribution in [1.82, 2.24) is 21.3 Å². The Hall–Kier alpha value is -1.80. The molecule has 9 rings (SSSR count). The zero-order chi connectivity index (χ0) is 33.9. The first-order valence-electron chi connectivity index (χ1n) is 20.9. The number of nitrogens with one attached hydrogen (secondary N) is 4. The fraction of sp³-hybridized carbons (Fsp3) is 0.727. The molecular formula is C44H64N4O2. The van der Waals surface area contributed by atoms with Gasteiger partial charge in [-0.3, -0.25) is 0 Å². The zero-order valence-corrected chi connectivity index (χ0v) is 30.5. The summed E-state index contributed by atoms with van der Waals surface area (Å²) in [4.78, 5) is 0. The van der Waals surface area contributed by atoms with E-state index in [9.17, 15) is 10.2 Å². The largest absolute Gasteiger partial charge is 0.392 e. The highest BCUT2D eigenvalue weighted by molar-refractivity contribution is 5.27. The highest BCUT2D eigenvalue weighted by atomic mass is 16.3. The maximum atomic E-state index is 12.3. The molecule has 2 saturated carbocycles. The van der Waals surface area contributed by atoms with E-state index in [1.165, 1.54) is 11.1 Å². The molecule has 2 aromatic carbocycles. The Morgan fingerprint density at radius 3 is 0.940 bits per heavy atom. The van der Waals surface area contributed by atoms with Crippen molar-refractivity contribution in [1.29, 1.82) is 0 Å². The topological polar surface area (TPSA) is 88.6 Å². The molecule has 0 spiro atoms. The third-order valence-electron chi connectivity index (χ3n) is 15.5. The summed E-state index contributed by atoms with van der Waals surface area (Å²) in [5.74, 6) is 3.26. The second-order valence-corrected chi connectivity index (χ2v) is 18.5. The van der Waals surface area contributed by atoms with Gasteiger partial charge < -0.3 is 31.5 Å². The number of rotatable bonds is 2. The smallest absolute Gasteiger partial charge is 0.0626 e. The van der Waals surface area contributed by atoms with Crippen molar-refractivity contribution in [2.45, 2.75) is 163 Å². The summed E-state index contributed by atoms with van der Waals surface area (Å²) in [5, 5.41) is 41.5. The highest BCUT2D eigenvalue weighted by Gasteiger charge is 2.51. The molecule has 5 aliphatic heterocycles. The highest BCUT2D eigenvalue weighted by Crippen LogP contribution is 2.47. The van der Waals surface area contributed by atoms with Gasteiger partial charge in [0.2, 0.25) is 0 Å². The van der Waals surface area contributed by atoms with E-state index in [1.807, 2.05) is 0 Å². The first kappa shape index (κ1) is 34.0. The molecule has 5 saturated heterocycles. The van der Waals surface area contributed by atoms with E-state index in [-0.39, 0.29) is 12.2 Å². The van der Waals surface area contributed by atoms with Gasteiger partial charge in [-0.1, -0.05) is 74.5 Å². The van der Waals surface area contributed by atoms with Crippen LogP contribution in [0.15, 0.2) is 60.7 Å². The lowest BCUT2D eigenvalue weighted by Crippen LogP contribution is -2.55. The summed E-state index contributed by atoms with van der Waals surface area (Å²) < 4.78 is 0. The molecule has 12 unspecified atom stereocenters. The molecule has 0 amide bonds. The van der Waals surface area contributed by atoms with Crippen molar-refractivity contribution < 1.29 is 10.2 Å². The van der Waals surface area contributed by atoms with Crippen LogP contribution < -0.4 is 21.3 Å². The van der Waals surface area contributed by atoms with Crippen molar-refractivity contribution in [2.24, 2.45) is 35.5 Å². The Balaban J connectivity index is 1.07. The molecule has 50 heavy (non-hydrogen) atoms. The van der Waals surface area contributed by atoms with Gasteiger partial charge in [-0.25, -0.2) is 0 Å². The van der Waals surface area contributed by atoms with E-state index in [0.29, 0.717) is 95.7 Å². The molecule has 6 heteroatoms. The van der Waals surface area contributed by atoms with Crippen LogP contribution in [0, 0.1) is 35.5 Å². The van der Waals surface area contributed by atoms with Crippen molar-refractivity contribution in [3.8, 4) is 0 Å². The Morgan fingerprint density at radius 1 is 0.400 bits per heavy atom. The second kappa shape index (κ2) is 14.2. The van der Waals surface area contributed by atoms with Crippen molar-refractivity contribution in [3.63, 3.8) is 0 Å². The molecule has 7 aliphatic rings. The molecule has 12 atom stereocenters. The van der Waals surface area contributed by atoms with Gasteiger partial charge in [-0.15, -0.1) is 0 Å². The van der Waals surface area contributed by atoms with Gasteiger partial charge >= 0.3 is 0 Å². The van der Waals surface area contributed by atoms with Gasteiger partial charge in [-0.2, -0.15) is 0 Å². The first-order valence-corrected chi connectivity index (χ1v) is 20.9. The predicted molar refractivity (Wildman–Crippen MR) is 201 cm³/mol. The summed E-state index contributed by atoms with van der Waals surface area (Å²) in [6, 6.07) is 25.6. The average molecular weight is 681 g/mol. The monoisotopic (exact) mass is 681 g/mol. The Morgan fingerprint density at radius 2 is 0.660 bits per heavy atom. The molecule has 0 radical (unpaired) electrons. The van der Waals surface area contributed by atoms with Crippen LogP contribution >= 0.6 is 0 Å². The molecule has 12 bridgehead atoms. The summed E-state index contributed by atoms with van der Waals surface area (Å²) in [6.07, 6.45) is 13.2. The van der Waals surface area contributed by atoms with E-state index in [2.05, 4.69) is 95.8 Å². The maximum Gasteiger partial charge on any atom is 0.0626 e. The third kappa shape index (κ3) is 6.32. The number of benzene rings is 2. The van der Waals surface area contributed by atoms with Gasteiger partial charge in [0, 0.05) is 83.8 Å². The molecule has 6 nitrogen and oxygen atoms in total. The summed E-state index contributed by atoms with van der Waals surface area (Å²) in [6.45, 7) is 4.89. The predicted octanol–water partition coefficient (Wildman–Crippen LogP) is 6.10. The number of aliphatic hydroxyl groups is 2. The molecule has 7 fully saturated rings.